The molecule has 2 heterocycles. The number of nitrogens with zero attached hydrogens (tertiary/aromatic N) is 2. The van der Waals surface area contributed by atoms with Gasteiger partial charge in [-0.25, -0.2) is 0 Å². The van der Waals surface area contributed by atoms with Crippen LogP contribution in [0.4, 0.5) is 0 Å². The number of carbonyl (C=O) groups is 2. The lowest BCUT2D eigenvalue weighted by Gasteiger charge is -2.38. The molecule has 0 radical (unpaired) electrons. The predicted octanol–water partition coefficient (Wildman–Crippen LogP) is 0.0652. The van der Waals surface area contributed by atoms with Crippen LogP contribution in [-0.2, 0) is 9.59 Å². The molecule has 2 saturated heterocycles. The van der Waals surface area contributed by atoms with Crippen molar-refractivity contribution in [2.75, 3.05) is 33.7 Å². The van der Waals surface area contributed by atoms with E-state index in [1.807, 2.05) is 4.90 Å². The van der Waals surface area contributed by atoms with Crippen LogP contribution in [0, 0.1) is 5.92 Å². The molecule has 2 rings (SSSR count). The first-order valence-corrected chi connectivity index (χ1v) is 6.80. The van der Waals surface area contributed by atoms with Crippen LogP contribution in [0.5, 0.6) is 0 Å². The van der Waals surface area contributed by atoms with Crippen molar-refractivity contribution in [1.82, 2.24) is 15.1 Å². The summed E-state index contributed by atoms with van der Waals surface area (Å²) in [5.41, 5.74) is 0. The van der Waals surface area contributed by atoms with E-state index in [0.717, 1.165) is 25.9 Å². The number of likely N-dealkylation sites (tertiary alicyclic amines) is 1. The van der Waals surface area contributed by atoms with Crippen molar-refractivity contribution in [3.8, 4) is 0 Å². The second kappa shape index (κ2) is 5.69. The first kappa shape index (κ1) is 13.3. The molecule has 5 nitrogen and oxygen atoms in total. The van der Waals surface area contributed by atoms with Crippen LogP contribution in [0.3, 0.4) is 0 Å². The van der Waals surface area contributed by atoms with E-state index in [4.69, 9.17) is 0 Å². The Labute approximate surface area is 108 Å². The molecular formula is C13H23N3O2. The van der Waals surface area contributed by atoms with Crippen molar-refractivity contribution < 1.29 is 9.59 Å². The molecule has 0 spiro atoms. The fraction of sp³-hybridized carbons (Fsp3) is 0.846. The SMILES string of the molecule is CN(C)C1CCCN(C(=O)C2CCC(=O)NC2)C1. The Morgan fingerprint density at radius 1 is 1.39 bits per heavy atom. The Hall–Kier alpha value is -1.10. The van der Waals surface area contributed by atoms with Gasteiger partial charge in [-0.2, -0.15) is 0 Å². The van der Waals surface area contributed by atoms with Crippen molar-refractivity contribution in [3.05, 3.63) is 0 Å². The van der Waals surface area contributed by atoms with Gasteiger partial charge in [0, 0.05) is 32.1 Å². The van der Waals surface area contributed by atoms with Gasteiger partial charge in [0.1, 0.15) is 0 Å². The lowest BCUT2D eigenvalue weighted by molar-refractivity contribution is -0.139. The minimum Gasteiger partial charge on any atom is -0.355 e. The van der Waals surface area contributed by atoms with E-state index in [1.165, 1.54) is 0 Å². The Morgan fingerprint density at radius 2 is 2.17 bits per heavy atom. The summed E-state index contributed by atoms with van der Waals surface area (Å²) in [5.74, 6) is 0.286. The van der Waals surface area contributed by atoms with Gasteiger partial charge in [-0.1, -0.05) is 0 Å². The largest absolute Gasteiger partial charge is 0.355 e. The van der Waals surface area contributed by atoms with Crippen LogP contribution in [-0.4, -0.2) is 61.4 Å². The maximum Gasteiger partial charge on any atom is 0.227 e. The van der Waals surface area contributed by atoms with Crippen molar-refractivity contribution in [2.24, 2.45) is 5.92 Å². The van der Waals surface area contributed by atoms with E-state index < -0.39 is 0 Å². The van der Waals surface area contributed by atoms with Gasteiger partial charge in [-0.15, -0.1) is 0 Å². The van der Waals surface area contributed by atoms with E-state index in [9.17, 15) is 9.59 Å². The lowest BCUT2D eigenvalue weighted by Crippen LogP contribution is -2.51. The molecule has 2 atom stereocenters. The number of piperidine rings is 2. The Balaban J connectivity index is 1.90. The average Bonchev–Trinajstić information content (AvgIpc) is 2.39. The van der Waals surface area contributed by atoms with Crippen molar-refractivity contribution in [2.45, 2.75) is 31.7 Å². The highest BCUT2D eigenvalue weighted by molar-refractivity contribution is 5.83. The summed E-state index contributed by atoms with van der Waals surface area (Å²) in [5, 5.41) is 2.79. The zero-order valence-corrected chi connectivity index (χ0v) is 11.3. The second-order valence-electron chi connectivity index (χ2n) is 5.58. The molecule has 0 saturated carbocycles. The molecule has 0 aromatic heterocycles. The minimum absolute atomic E-state index is 0.0105. The van der Waals surface area contributed by atoms with Gasteiger partial charge in [-0.05, 0) is 33.4 Å². The molecule has 1 N–H and O–H groups in total. The highest BCUT2D eigenvalue weighted by Gasteiger charge is 2.31. The number of hydrogen-bond donors (Lipinski definition) is 1. The van der Waals surface area contributed by atoms with Crippen molar-refractivity contribution in [1.29, 1.82) is 0 Å². The Bertz CT molecular complexity index is 320. The van der Waals surface area contributed by atoms with E-state index in [2.05, 4.69) is 24.3 Å². The number of amides is 2. The topological polar surface area (TPSA) is 52.7 Å². The Kier molecular flexibility index (Phi) is 4.22. The van der Waals surface area contributed by atoms with Gasteiger partial charge in [-0.3, -0.25) is 9.59 Å². The molecule has 0 bridgehead atoms. The van der Waals surface area contributed by atoms with Crippen molar-refractivity contribution >= 4 is 11.8 Å². The Morgan fingerprint density at radius 3 is 2.78 bits per heavy atom. The minimum atomic E-state index is -0.0105. The fourth-order valence-corrected chi connectivity index (χ4v) is 2.78. The van der Waals surface area contributed by atoms with Crippen LogP contribution in [0.15, 0.2) is 0 Å². The fourth-order valence-electron chi connectivity index (χ4n) is 2.78. The van der Waals surface area contributed by atoms with Crippen LogP contribution in [0.1, 0.15) is 25.7 Å². The maximum atomic E-state index is 12.4. The van der Waals surface area contributed by atoms with E-state index in [-0.39, 0.29) is 17.7 Å². The lowest BCUT2D eigenvalue weighted by atomic mass is 9.95. The third-order valence-corrected chi connectivity index (χ3v) is 4.05. The van der Waals surface area contributed by atoms with Crippen LogP contribution in [0.2, 0.25) is 0 Å². The molecule has 18 heavy (non-hydrogen) atoms. The maximum absolute atomic E-state index is 12.4. The molecule has 0 aromatic rings. The quantitative estimate of drug-likeness (QED) is 0.757. The number of hydrogen-bond acceptors (Lipinski definition) is 3. The monoisotopic (exact) mass is 253 g/mol. The van der Waals surface area contributed by atoms with Gasteiger partial charge in [0.25, 0.3) is 0 Å². The standard InChI is InChI=1S/C13H23N3O2/c1-15(2)11-4-3-7-16(9-11)13(18)10-5-6-12(17)14-8-10/h10-11H,3-9H2,1-2H3,(H,14,17). The summed E-state index contributed by atoms with van der Waals surface area (Å²) in [6.45, 7) is 2.21. The highest BCUT2D eigenvalue weighted by Crippen LogP contribution is 2.19. The number of carbonyl (C=O) groups excluding carboxylic acids is 2. The molecule has 2 aliphatic heterocycles. The summed E-state index contributed by atoms with van der Waals surface area (Å²) >= 11 is 0. The zero-order chi connectivity index (χ0) is 13.1. The summed E-state index contributed by atoms with van der Waals surface area (Å²) in [6.07, 6.45) is 3.43. The average molecular weight is 253 g/mol. The zero-order valence-electron chi connectivity index (χ0n) is 11.3. The third kappa shape index (κ3) is 3.02. The normalized spacial score (nSPS) is 29.3. The van der Waals surface area contributed by atoms with Gasteiger partial charge in [0.2, 0.25) is 11.8 Å². The number of nitrogens with one attached hydrogen (secondary N) is 1. The third-order valence-electron chi connectivity index (χ3n) is 4.05. The predicted molar refractivity (Wildman–Crippen MR) is 69.0 cm³/mol. The van der Waals surface area contributed by atoms with Gasteiger partial charge < -0.3 is 15.1 Å². The van der Waals surface area contributed by atoms with Crippen LogP contribution >= 0.6 is 0 Å². The van der Waals surface area contributed by atoms with Crippen LogP contribution in [0.25, 0.3) is 0 Å². The molecule has 2 amide bonds. The van der Waals surface area contributed by atoms with Gasteiger partial charge in [0.15, 0.2) is 0 Å². The van der Waals surface area contributed by atoms with Crippen LogP contribution < -0.4 is 5.32 Å². The molecular weight excluding hydrogens is 230 g/mol. The molecule has 2 fully saturated rings. The molecule has 2 unspecified atom stereocenters. The van der Waals surface area contributed by atoms with E-state index >= 15 is 0 Å². The van der Waals surface area contributed by atoms with Gasteiger partial charge in [0.05, 0.1) is 5.92 Å². The summed E-state index contributed by atoms with van der Waals surface area (Å²) in [4.78, 5) is 27.7. The van der Waals surface area contributed by atoms with E-state index in [0.29, 0.717) is 25.4 Å². The number of rotatable bonds is 2. The highest BCUT2D eigenvalue weighted by atomic mass is 16.2. The summed E-state index contributed by atoms with van der Waals surface area (Å²) < 4.78 is 0. The van der Waals surface area contributed by atoms with Gasteiger partial charge >= 0.3 is 0 Å². The van der Waals surface area contributed by atoms with E-state index in [1.54, 1.807) is 0 Å². The first-order valence-electron chi connectivity index (χ1n) is 6.80. The first-order chi connectivity index (χ1) is 8.58. The molecule has 0 aromatic carbocycles. The summed E-state index contributed by atoms with van der Waals surface area (Å²) in [7, 11) is 4.14. The molecule has 102 valence electrons. The smallest absolute Gasteiger partial charge is 0.227 e. The molecule has 0 aliphatic carbocycles. The second-order valence-corrected chi connectivity index (χ2v) is 5.58. The molecule has 5 heteroatoms. The number of likely N-dealkylation sites (N-methyl/N-ethyl adjacent to an activating group) is 1. The molecule has 2 aliphatic rings. The summed E-state index contributed by atoms with van der Waals surface area (Å²) in [6, 6.07) is 0.473. The van der Waals surface area contributed by atoms with Crippen molar-refractivity contribution in [3.63, 3.8) is 0 Å².